The second-order valence-electron chi connectivity index (χ2n) is 4.90. The molecule has 1 rings (SSSR count). The van der Waals surface area contributed by atoms with Gasteiger partial charge in [-0.1, -0.05) is 12.8 Å². The fourth-order valence-electron chi connectivity index (χ4n) is 2.38. The van der Waals surface area contributed by atoms with Crippen molar-refractivity contribution in [2.24, 2.45) is 0 Å². The number of amides is 2. The van der Waals surface area contributed by atoms with Crippen molar-refractivity contribution < 1.29 is 28.2 Å². The molecule has 1 saturated carbocycles. The highest BCUT2D eigenvalue weighted by Gasteiger charge is 2.37. The molecule has 1 aliphatic carbocycles. The third kappa shape index (κ3) is 6.14. The van der Waals surface area contributed by atoms with E-state index in [0.29, 0.717) is 12.8 Å². The Morgan fingerprint density at radius 3 is 2.50 bits per heavy atom. The van der Waals surface area contributed by atoms with Gasteiger partial charge in [0.05, 0.1) is 18.6 Å². The molecule has 0 atom stereocenters. The molecule has 20 heavy (non-hydrogen) atoms. The zero-order valence-corrected chi connectivity index (χ0v) is 11.2. The maximum absolute atomic E-state index is 11.8. The first-order valence-corrected chi connectivity index (χ1v) is 6.57. The summed E-state index contributed by atoms with van der Waals surface area (Å²) in [7, 11) is 0. The van der Waals surface area contributed by atoms with E-state index in [0.717, 1.165) is 12.8 Å². The van der Waals surface area contributed by atoms with Crippen molar-refractivity contribution in [1.82, 2.24) is 10.6 Å². The zero-order valence-electron chi connectivity index (χ0n) is 11.2. The molecule has 1 fully saturated rings. The molecule has 116 valence electrons. The van der Waals surface area contributed by atoms with Gasteiger partial charge in [0, 0.05) is 6.54 Å². The molecule has 3 N–H and O–H groups in total. The average molecular weight is 294 g/mol. The molecule has 0 aromatic carbocycles. The van der Waals surface area contributed by atoms with Crippen LogP contribution in [0.25, 0.3) is 0 Å². The van der Waals surface area contributed by atoms with Crippen molar-refractivity contribution >= 4 is 12.0 Å². The quantitative estimate of drug-likeness (QED) is 0.590. The monoisotopic (exact) mass is 294 g/mol. The number of carboxylic acid groups (broad SMARTS) is 1. The number of ether oxygens (including phenoxy) is 1. The van der Waals surface area contributed by atoms with Crippen LogP contribution in [0.5, 0.6) is 0 Å². The van der Waals surface area contributed by atoms with Crippen LogP contribution in [0.1, 0.15) is 32.1 Å². The number of nitrogens with one attached hydrogen (secondary N) is 2. The summed E-state index contributed by atoms with van der Waals surface area (Å²) in [5.74, 6) is -0.951. The molecule has 0 aromatic rings. The summed E-state index contributed by atoms with van der Waals surface area (Å²) in [6.07, 6.45) is 0.392. The first kappa shape index (κ1) is 16.6. The zero-order chi connectivity index (χ0) is 15.0. The normalized spacial score (nSPS) is 17.1. The number of alkyl halides is 2. The van der Waals surface area contributed by atoms with Gasteiger partial charge in [-0.2, -0.15) is 0 Å². The third-order valence-electron chi connectivity index (χ3n) is 3.20. The second kappa shape index (κ2) is 7.98. The number of rotatable bonds is 8. The standard InChI is InChI=1S/C12H20F2N2O4/c13-9(14)8-20-6-5-15-11(19)16-12(7-10(17)18)3-1-2-4-12/h9H,1-8H2,(H,17,18)(H2,15,16,19). The van der Waals surface area contributed by atoms with Gasteiger partial charge < -0.3 is 20.5 Å². The number of hydrogen-bond donors (Lipinski definition) is 3. The Kier molecular flexibility index (Phi) is 6.63. The van der Waals surface area contributed by atoms with E-state index in [4.69, 9.17) is 5.11 Å². The minimum absolute atomic E-state index is 0.0102. The predicted molar refractivity (Wildman–Crippen MR) is 66.8 cm³/mol. The van der Waals surface area contributed by atoms with Crippen LogP contribution in [0.3, 0.4) is 0 Å². The Labute approximate surface area is 115 Å². The number of carbonyl (C=O) groups excluding carboxylic acids is 1. The molecular formula is C12H20F2N2O4. The molecule has 0 aromatic heterocycles. The van der Waals surface area contributed by atoms with Gasteiger partial charge in [0.15, 0.2) is 0 Å². The lowest BCUT2D eigenvalue weighted by molar-refractivity contribution is -0.138. The first-order chi connectivity index (χ1) is 9.43. The Morgan fingerprint density at radius 2 is 1.95 bits per heavy atom. The lowest BCUT2D eigenvalue weighted by Gasteiger charge is -2.28. The van der Waals surface area contributed by atoms with Gasteiger partial charge in [0.2, 0.25) is 0 Å². The van der Waals surface area contributed by atoms with E-state index < -0.39 is 30.6 Å². The lowest BCUT2D eigenvalue weighted by atomic mass is 9.93. The van der Waals surface area contributed by atoms with Crippen molar-refractivity contribution in [3.63, 3.8) is 0 Å². The van der Waals surface area contributed by atoms with E-state index in [2.05, 4.69) is 15.4 Å². The van der Waals surface area contributed by atoms with Crippen LogP contribution in [-0.2, 0) is 9.53 Å². The maximum atomic E-state index is 11.8. The van der Waals surface area contributed by atoms with Gasteiger partial charge in [-0.15, -0.1) is 0 Å². The summed E-state index contributed by atoms with van der Waals surface area (Å²) in [6.45, 7) is -0.572. The maximum Gasteiger partial charge on any atom is 0.315 e. The Bertz CT molecular complexity index is 333. The number of carbonyl (C=O) groups is 2. The minimum Gasteiger partial charge on any atom is -0.481 e. The molecule has 8 heteroatoms. The number of aliphatic carboxylic acids is 1. The molecule has 0 aliphatic heterocycles. The molecule has 0 radical (unpaired) electrons. The summed E-state index contributed by atoms with van der Waals surface area (Å²) in [5, 5.41) is 14.0. The molecule has 0 bridgehead atoms. The summed E-state index contributed by atoms with van der Waals surface area (Å²) in [4.78, 5) is 22.5. The largest absolute Gasteiger partial charge is 0.481 e. The van der Waals surface area contributed by atoms with Crippen molar-refractivity contribution in [3.8, 4) is 0 Å². The van der Waals surface area contributed by atoms with Crippen LogP contribution in [0, 0.1) is 0 Å². The SMILES string of the molecule is O=C(O)CC1(NC(=O)NCCOCC(F)F)CCCC1. The Hall–Kier alpha value is -1.44. The smallest absolute Gasteiger partial charge is 0.315 e. The second-order valence-corrected chi connectivity index (χ2v) is 4.90. The van der Waals surface area contributed by atoms with Crippen LogP contribution in [-0.4, -0.2) is 48.8 Å². The molecule has 2 amide bonds. The van der Waals surface area contributed by atoms with Crippen molar-refractivity contribution in [2.75, 3.05) is 19.8 Å². The van der Waals surface area contributed by atoms with Crippen LogP contribution in [0.4, 0.5) is 13.6 Å². The van der Waals surface area contributed by atoms with E-state index in [-0.39, 0.29) is 19.6 Å². The summed E-state index contributed by atoms with van der Waals surface area (Å²) in [5.41, 5.74) is -0.695. The van der Waals surface area contributed by atoms with Crippen molar-refractivity contribution in [3.05, 3.63) is 0 Å². The van der Waals surface area contributed by atoms with Gasteiger partial charge in [0.25, 0.3) is 6.43 Å². The van der Waals surface area contributed by atoms with Crippen LogP contribution in [0.2, 0.25) is 0 Å². The van der Waals surface area contributed by atoms with Crippen molar-refractivity contribution in [1.29, 1.82) is 0 Å². The Morgan fingerprint density at radius 1 is 1.30 bits per heavy atom. The number of carboxylic acids is 1. The fraction of sp³-hybridized carbons (Fsp3) is 0.833. The lowest BCUT2D eigenvalue weighted by Crippen LogP contribution is -2.52. The van der Waals surface area contributed by atoms with Gasteiger partial charge >= 0.3 is 12.0 Å². The highest BCUT2D eigenvalue weighted by atomic mass is 19.3. The van der Waals surface area contributed by atoms with Crippen LogP contribution < -0.4 is 10.6 Å². The highest BCUT2D eigenvalue weighted by Crippen LogP contribution is 2.32. The van der Waals surface area contributed by atoms with E-state index in [1.807, 2.05) is 0 Å². The fourth-order valence-corrected chi connectivity index (χ4v) is 2.38. The van der Waals surface area contributed by atoms with Gasteiger partial charge in [-0.25, -0.2) is 13.6 Å². The molecule has 0 unspecified atom stereocenters. The number of halogens is 2. The van der Waals surface area contributed by atoms with Crippen LogP contribution >= 0.6 is 0 Å². The van der Waals surface area contributed by atoms with Gasteiger partial charge in [0.1, 0.15) is 6.61 Å². The van der Waals surface area contributed by atoms with Gasteiger partial charge in [-0.05, 0) is 12.8 Å². The molecular weight excluding hydrogens is 274 g/mol. The predicted octanol–water partition coefficient (Wildman–Crippen LogP) is 1.35. The molecule has 0 spiro atoms. The van der Waals surface area contributed by atoms with E-state index in [9.17, 15) is 18.4 Å². The summed E-state index contributed by atoms with van der Waals surface area (Å²) in [6, 6.07) is -0.492. The number of urea groups is 1. The van der Waals surface area contributed by atoms with Crippen LogP contribution in [0.15, 0.2) is 0 Å². The van der Waals surface area contributed by atoms with E-state index in [1.54, 1.807) is 0 Å². The van der Waals surface area contributed by atoms with Gasteiger partial charge in [-0.3, -0.25) is 4.79 Å². The van der Waals surface area contributed by atoms with E-state index >= 15 is 0 Å². The Balaban J connectivity index is 2.27. The van der Waals surface area contributed by atoms with E-state index in [1.165, 1.54) is 0 Å². The third-order valence-corrected chi connectivity index (χ3v) is 3.20. The highest BCUT2D eigenvalue weighted by molar-refractivity contribution is 5.76. The summed E-state index contributed by atoms with van der Waals surface area (Å²) >= 11 is 0. The minimum atomic E-state index is -2.53. The molecule has 6 nitrogen and oxygen atoms in total. The summed E-state index contributed by atoms with van der Waals surface area (Å²) < 4.78 is 28.2. The molecule has 0 saturated heterocycles. The average Bonchev–Trinajstić information content (AvgIpc) is 2.75. The topological polar surface area (TPSA) is 87.7 Å². The first-order valence-electron chi connectivity index (χ1n) is 6.57. The molecule has 0 heterocycles. The molecule has 1 aliphatic rings. The van der Waals surface area contributed by atoms with Crippen molar-refractivity contribution in [2.45, 2.75) is 44.1 Å². The number of hydrogen-bond acceptors (Lipinski definition) is 3.